The average Bonchev–Trinajstić information content (AvgIpc) is 2.31. The van der Waals surface area contributed by atoms with Crippen LogP contribution >= 0.6 is 15.9 Å². The average molecular weight is 301 g/mol. The highest BCUT2D eigenvalue weighted by atomic mass is 79.9. The van der Waals surface area contributed by atoms with E-state index in [1.54, 1.807) is 11.0 Å². The molecular formula is C12H14BrFN2O. The van der Waals surface area contributed by atoms with E-state index in [0.29, 0.717) is 23.1 Å². The Kier molecular flexibility index (Phi) is 3.79. The Morgan fingerprint density at radius 1 is 1.59 bits per heavy atom. The third-order valence-corrected chi connectivity index (χ3v) is 3.51. The first-order chi connectivity index (χ1) is 8.08. The number of halogens is 2. The van der Waals surface area contributed by atoms with E-state index in [1.165, 1.54) is 12.1 Å². The van der Waals surface area contributed by atoms with Crippen molar-refractivity contribution in [2.75, 3.05) is 19.6 Å². The van der Waals surface area contributed by atoms with E-state index in [2.05, 4.69) is 21.2 Å². The van der Waals surface area contributed by atoms with Gasteiger partial charge in [-0.3, -0.25) is 4.79 Å². The van der Waals surface area contributed by atoms with E-state index in [4.69, 9.17) is 0 Å². The first-order valence-electron chi connectivity index (χ1n) is 5.55. The Bertz CT molecular complexity index is 439. The van der Waals surface area contributed by atoms with Crippen molar-refractivity contribution in [2.45, 2.75) is 13.0 Å². The first-order valence-corrected chi connectivity index (χ1v) is 6.35. The van der Waals surface area contributed by atoms with Gasteiger partial charge in [0.2, 0.25) is 0 Å². The molecule has 3 nitrogen and oxygen atoms in total. The summed E-state index contributed by atoms with van der Waals surface area (Å²) in [6.45, 7) is 4.12. The molecule has 1 atom stereocenters. The van der Waals surface area contributed by atoms with Crippen LogP contribution in [0, 0.1) is 5.82 Å². The Hall–Kier alpha value is -0.940. The van der Waals surface area contributed by atoms with E-state index in [-0.39, 0.29) is 17.8 Å². The van der Waals surface area contributed by atoms with Crippen molar-refractivity contribution < 1.29 is 9.18 Å². The molecule has 0 aromatic heterocycles. The molecular weight excluding hydrogens is 287 g/mol. The van der Waals surface area contributed by atoms with E-state index in [9.17, 15) is 9.18 Å². The summed E-state index contributed by atoms with van der Waals surface area (Å²) in [5.41, 5.74) is 0.388. The van der Waals surface area contributed by atoms with Gasteiger partial charge in [-0.05, 0) is 41.1 Å². The molecule has 0 unspecified atom stereocenters. The molecule has 1 fully saturated rings. The predicted molar refractivity (Wildman–Crippen MR) is 67.5 cm³/mol. The van der Waals surface area contributed by atoms with Gasteiger partial charge in [-0.2, -0.15) is 0 Å². The lowest BCUT2D eigenvalue weighted by molar-refractivity contribution is 0.0707. The lowest BCUT2D eigenvalue weighted by Gasteiger charge is -2.32. The molecule has 0 spiro atoms. The molecule has 1 aliphatic heterocycles. The van der Waals surface area contributed by atoms with Crippen LogP contribution in [-0.2, 0) is 0 Å². The van der Waals surface area contributed by atoms with Gasteiger partial charge < -0.3 is 10.2 Å². The van der Waals surface area contributed by atoms with Gasteiger partial charge in [0.25, 0.3) is 5.91 Å². The molecule has 1 aromatic carbocycles. The molecule has 1 heterocycles. The predicted octanol–water partition coefficient (Wildman–Crippen LogP) is 2.02. The number of benzene rings is 1. The van der Waals surface area contributed by atoms with Crippen molar-refractivity contribution >= 4 is 21.8 Å². The zero-order valence-electron chi connectivity index (χ0n) is 9.54. The Labute approximate surface area is 108 Å². The molecule has 1 N–H and O–H groups in total. The van der Waals surface area contributed by atoms with Crippen molar-refractivity contribution in [3.8, 4) is 0 Å². The van der Waals surface area contributed by atoms with Crippen LogP contribution in [0.5, 0.6) is 0 Å². The standard InChI is InChI=1S/C12H14BrFN2O/c1-8-7-16(5-4-15-8)12(17)10-6-9(14)2-3-11(10)13/h2-3,6,8,15H,4-5,7H2,1H3/t8-/m1/s1. The molecule has 92 valence electrons. The summed E-state index contributed by atoms with van der Waals surface area (Å²) in [4.78, 5) is 14.0. The van der Waals surface area contributed by atoms with Crippen LogP contribution in [0.25, 0.3) is 0 Å². The molecule has 0 bridgehead atoms. The number of hydrogen-bond acceptors (Lipinski definition) is 2. The zero-order valence-corrected chi connectivity index (χ0v) is 11.1. The maximum absolute atomic E-state index is 13.1. The SMILES string of the molecule is C[C@@H]1CN(C(=O)c2cc(F)ccc2Br)CCN1. The number of rotatable bonds is 1. The van der Waals surface area contributed by atoms with Crippen molar-refractivity contribution in [1.29, 1.82) is 0 Å². The van der Waals surface area contributed by atoms with Gasteiger partial charge in [0.05, 0.1) is 5.56 Å². The van der Waals surface area contributed by atoms with Gasteiger partial charge in [0, 0.05) is 30.1 Å². The molecule has 1 amide bonds. The number of amides is 1. The van der Waals surface area contributed by atoms with Gasteiger partial charge in [0.1, 0.15) is 5.82 Å². The summed E-state index contributed by atoms with van der Waals surface area (Å²) in [5, 5.41) is 3.26. The second-order valence-corrected chi connectivity index (χ2v) is 5.08. The van der Waals surface area contributed by atoms with Crippen LogP contribution in [0.2, 0.25) is 0 Å². The minimum atomic E-state index is -0.389. The fourth-order valence-electron chi connectivity index (χ4n) is 1.95. The summed E-state index contributed by atoms with van der Waals surface area (Å²) >= 11 is 3.28. The lowest BCUT2D eigenvalue weighted by Crippen LogP contribution is -2.51. The van der Waals surface area contributed by atoms with Crippen LogP contribution in [0.3, 0.4) is 0 Å². The molecule has 1 saturated heterocycles. The van der Waals surface area contributed by atoms with Gasteiger partial charge >= 0.3 is 0 Å². The van der Waals surface area contributed by atoms with Gasteiger partial charge in [-0.15, -0.1) is 0 Å². The third-order valence-electron chi connectivity index (χ3n) is 2.81. The molecule has 0 aliphatic carbocycles. The summed E-state index contributed by atoms with van der Waals surface area (Å²) in [5.74, 6) is -0.510. The molecule has 1 aliphatic rings. The number of carbonyl (C=O) groups is 1. The lowest BCUT2D eigenvalue weighted by atomic mass is 10.1. The quantitative estimate of drug-likeness (QED) is 0.861. The van der Waals surface area contributed by atoms with Gasteiger partial charge in [-0.1, -0.05) is 0 Å². The first kappa shape index (κ1) is 12.5. The third kappa shape index (κ3) is 2.84. The smallest absolute Gasteiger partial charge is 0.255 e. The fourth-order valence-corrected chi connectivity index (χ4v) is 2.36. The van der Waals surface area contributed by atoms with E-state index >= 15 is 0 Å². The fraction of sp³-hybridized carbons (Fsp3) is 0.417. The largest absolute Gasteiger partial charge is 0.336 e. The Balaban J connectivity index is 2.21. The summed E-state index contributed by atoms with van der Waals surface area (Å²) < 4.78 is 13.8. The summed E-state index contributed by atoms with van der Waals surface area (Å²) in [6, 6.07) is 4.45. The zero-order chi connectivity index (χ0) is 12.4. The molecule has 0 saturated carbocycles. The van der Waals surface area contributed by atoms with Crippen LogP contribution in [0.1, 0.15) is 17.3 Å². The molecule has 1 aromatic rings. The minimum absolute atomic E-state index is 0.121. The highest BCUT2D eigenvalue weighted by Gasteiger charge is 2.23. The second-order valence-electron chi connectivity index (χ2n) is 4.23. The van der Waals surface area contributed by atoms with Crippen molar-refractivity contribution in [2.24, 2.45) is 0 Å². The topological polar surface area (TPSA) is 32.3 Å². The normalized spacial score (nSPS) is 20.4. The summed E-state index contributed by atoms with van der Waals surface area (Å²) in [6.07, 6.45) is 0. The second kappa shape index (κ2) is 5.14. The molecule has 0 radical (unpaired) electrons. The van der Waals surface area contributed by atoms with Crippen LogP contribution < -0.4 is 5.32 Å². The van der Waals surface area contributed by atoms with Crippen LogP contribution in [-0.4, -0.2) is 36.5 Å². The van der Waals surface area contributed by atoms with Gasteiger partial charge in [0.15, 0.2) is 0 Å². The number of carbonyl (C=O) groups excluding carboxylic acids is 1. The minimum Gasteiger partial charge on any atom is -0.336 e. The maximum Gasteiger partial charge on any atom is 0.255 e. The molecule has 17 heavy (non-hydrogen) atoms. The molecule has 5 heteroatoms. The van der Waals surface area contributed by atoms with Crippen LogP contribution in [0.4, 0.5) is 4.39 Å². The van der Waals surface area contributed by atoms with Crippen LogP contribution in [0.15, 0.2) is 22.7 Å². The van der Waals surface area contributed by atoms with E-state index in [1.807, 2.05) is 6.92 Å². The van der Waals surface area contributed by atoms with Gasteiger partial charge in [-0.25, -0.2) is 4.39 Å². The highest BCUT2D eigenvalue weighted by molar-refractivity contribution is 9.10. The number of piperazine rings is 1. The van der Waals surface area contributed by atoms with E-state index in [0.717, 1.165) is 6.54 Å². The van der Waals surface area contributed by atoms with Crippen molar-refractivity contribution in [3.05, 3.63) is 34.1 Å². The monoisotopic (exact) mass is 300 g/mol. The van der Waals surface area contributed by atoms with Crippen molar-refractivity contribution in [1.82, 2.24) is 10.2 Å². The van der Waals surface area contributed by atoms with E-state index < -0.39 is 0 Å². The number of nitrogens with one attached hydrogen (secondary N) is 1. The number of nitrogens with zero attached hydrogens (tertiary/aromatic N) is 1. The molecule has 2 rings (SSSR count). The Morgan fingerprint density at radius 2 is 2.35 bits per heavy atom. The Morgan fingerprint density at radius 3 is 3.06 bits per heavy atom. The number of hydrogen-bond donors (Lipinski definition) is 1. The van der Waals surface area contributed by atoms with Crippen molar-refractivity contribution in [3.63, 3.8) is 0 Å². The summed E-state index contributed by atoms with van der Waals surface area (Å²) in [7, 11) is 0. The highest BCUT2D eigenvalue weighted by Crippen LogP contribution is 2.20. The maximum atomic E-state index is 13.1.